The van der Waals surface area contributed by atoms with Crippen LogP contribution in [0.1, 0.15) is 49.9 Å². The fraction of sp³-hybridized carbons (Fsp3) is 0.440. The third-order valence-electron chi connectivity index (χ3n) is 6.82. The van der Waals surface area contributed by atoms with Gasteiger partial charge < -0.3 is 14.0 Å². The van der Waals surface area contributed by atoms with Gasteiger partial charge in [-0.15, -0.1) is 0 Å². The first-order chi connectivity index (χ1) is 14.5. The highest BCUT2D eigenvalue weighted by Crippen LogP contribution is 2.35. The van der Waals surface area contributed by atoms with Gasteiger partial charge in [0.25, 0.3) is 5.56 Å². The Morgan fingerprint density at radius 2 is 1.90 bits per heavy atom. The topological polar surface area (TPSA) is 47.2 Å². The van der Waals surface area contributed by atoms with E-state index in [2.05, 4.69) is 54.9 Å². The van der Waals surface area contributed by atoms with Crippen LogP contribution in [0, 0.1) is 5.92 Å². The maximum atomic E-state index is 13.1. The molecule has 1 amide bonds. The Morgan fingerprint density at radius 3 is 2.73 bits per heavy atom. The number of carbonyl (C=O) groups excluding carboxylic acids is 1. The molecule has 4 heterocycles. The van der Waals surface area contributed by atoms with E-state index < -0.39 is 0 Å². The Hall–Kier alpha value is -2.82. The molecule has 156 valence electrons. The molecule has 5 rings (SSSR count). The molecule has 0 N–H and O–H groups in total. The predicted octanol–water partition coefficient (Wildman–Crippen LogP) is 3.96. The number of hydrogen-bond acceptors (Lipinski definition) is 2. The number of para-hydroxylation sites is 1. The summed E-state index contributed by atoms with van der Waals surface area (Å²) in [7, 11) is 0. The predicted molar refractivity (Wildman–Crippen MR) is 119 cm³/mol. The monoisotopic (exact) mass is 403 g/mol. The minimum atomic E-state index is 0.0866. The number of aromatic nitrogens is 2. The molecular weight excluding hydrogens is 374 g/mol. The lowest BCUT2D eigenvalue weighted by molar-refractivity contribution is -0.133. The molecule has 2 bridgehead atoms. The molecule has 1 saturated heterocycles. The normalized spacial score (nSPS) is 20.6. The van der Waals surface area contributed by atoms with Crippen LogP contribution in [0.5, 0.6) is 0 Å². The maximum absolute atomic E-state index is 13.1. The molecule has 30 heavy (non-hydrogen) atoms. The average Bonchev–Trinajstić information content (AvgIpc) is 3.12. The van der Waals surface area contributed by atoms with Crippen LogP contribution in [0.4, 0.5) is 0 Å². The summed E-state index contributed by atoms with van der Waals surface area (Å²) in [6, 6.07) is 14.4. The van der Waals surface area contributed by atoms with Crippen LogP contribution in [0.15, 0.2) is 53.5 Å². The zero-order valence-corrected chi connectivity index (χ0v) is 17.8. The molecule has 1 fully saturated rings. The first-order valence-corrected chi connectivity index (χ1v) is 11.1. The van der Waals surface area contributed by atoms with Gasteiger partial charge in [-0.1, -0.05) is 24.3 Å². The molecule has 0 spiro atoms. The van der Waals surface area contributed by atoms with Gasteiger partial charge in [-0.25, -0.2) is 0 Å². The van der Waals surface area contributed by atoms with Crippen molar-refractivity contribution in [3.63, 3.8) is 0 Å². The third kappa shape index (κ3) is 3.26. The summed E-state index contributed by atoms with van der Waals surface area (Å²) < 4.78 is 4.22. The van der Waals surface area contributed by atoms with Crippen LogP contribution in [-0.2, 0) is 17.8 Å². The van der Waals surface area contributed by atoms with Crippen LogP contribution >= 0.6 is 0 Å². The fourth-order valence-electron chi connectivity index (χ4n) is 5.40. The largest absolute Gasteiger partial charge is 0.345 e. The smallest absolute Gasteiger partial charge is 0.250 e. The van der Waals surface area contributed by atoms with E-state index in [1.54, 1.807) is 6.07 Å². The second-order valence-corrected chi connectivity index (χ2v) is 9.17. The van der Waals surface area contributed by atoms with Gasteiger partial charge in [-0.2, -0.15) is 0 Å². The van der Waals surface area contributed by atoms with Crippen molar-refractivity contribution in [2.75, 3.05) is 13.1 Å². The van der Waals surface area contributed by atoms with Gasteiger partial charge in [0.2, 0.25) is 5.91 Å². The Morgan fingerprint density at radius 1 is 1.07 bits per heavy atom. The van der Waals surface area contributed by atoms with Crippen LogP contribution < -0.4 is 5.56 Å². The molecule has 2 atom stereocenters. The van der Waals surface area contributed by atoms with E-state index in [4.69, 9.17) is 0 Å². The molecule has 2 aliphatic heterocycles. The van der Waals surface area contributed by atoms with Gasteiger partial charge in [0.05, 0.1) is 0 Å². The van der Waals surface area contributed by atoms with E-state index in [-0.39, 0.29) is 17.4 Å². The minimum Gasteiger partial charge on any atom is -0.345 e. The number of pyridine rings is 1. The number of piperidine rings is 1. The molecule has 0 aliphatic carbocycles. The lowest BCUT2D eigenvalue weighted by atomic mass is 9.83. The van der Waals surface area contributed by atoms with Gasteiger partial charge >= 0.3 is 0 Å². The number of amides is 1. The van der Waals surface area contributed by atoms with E-state index >= 15 is 0 Å². The number of benzene rings is 1. The number of aryl methyl sites for hydroxylation is 1. The van der Waals surface area contributed by atoms with Crippen LogP contribution in [0.3, 0.4) is 0 Å². The summed E-state index contributed by atoms with van der Waals surface area (Å²) in [5.41, 5.74) is 3.67. The van der Waals surface area contributed by atoms with Crippen molar-refractivity contribution in [1.29, 1.82) is 0 Å². The van der Waals surface area contributed by atoms with Crippen LogP contribution in [-0.4, -0.2) is 33.0 Å². The lowest BCUT2D eigenvalue weighted by Gasteiger charge is -2.42. The quantitative estimate of drug-likeness (QED) is 0.662. The van der Waals surface area contributed by atoms with Crippen molar-refractivity contribution in [3.05, 3.63) is 70.3 Å². The van der Waals surface area contributed by atoms with Crippen LogP contribution in [0.2, 0.25) is 0 Å². The van der Waals surface area contributed by atoms with Gasteiger partial charge in [0.15, 0.2) is 0 Å². The number of carbonyl (C=O) groups is 1. The lowest BCUT2D eigenvalue weighted by Crippen LogP contribution is -2.49. The van der Waals surface area contributed by atoms with Crippen molar-refractivity contribution in [2.45, 2.75) is 51.6 Å². The molecule has 2 unspecified atom stereocenters. The number of rotatable bonds is 4. The second-order valence-electron chi connectivity index (χ2n) is 9.17. The van der Waals surface area contributed by atoms with E-state index in [9.17, 15) is 9.59 Å². The number of hydrogen-bond donors (Lipinski definition) is 0. The molecular formula is C25H29N3O2. The second kappa shape index (κ2) is 7.46. The average molecular weight is 404 g/mol. The summed E-state index contributed by atoms with van der Waals surface area (Å²) >= 11 is 0. The summed E-state index contributed by atoms with van der Waals surface area (Å²) in [4.78, 5) is 27.4. The number of likely N-dealkylation sites (tertiary alicyclic amines) is 1. The Bertz CT molecular complexity index is 1160. The zero-order valence-electron chi connectivity index (χ0n) is 17.8. The Balaban J connectivity index is 1.32. The summed E-state index contributed by atoms with van der Waals surface area (Å²) in [6.45, 7) is 6.61. The number of fused-ring (bicyclic) bond motifs is 5. The summed E-state index contributed by atoms with van der Waals surface area (Å²) in [6.07, 6.45) is 4.60. The van der Waals surface area contributed by atoms with Crippen molar-refractivity contribution in [1.82, 2.24) is 14.0 Å². The number of nitrogens with zero attached hydrogens (tertiary/aromatic N) is 3. The van der Waals surface area contributed by atoms with E-state index in [0.717, 1.165) is 38.2 Å². The zero-order chi connectivity index (χ0) is 20.8. The van der Waals surface area contributed by atoms with Crippen molar-refractivity contribution in [3.8, 4) is 0 Å². The fourth-order valence-corrected chi connectivity index (χ4v) is 5.40. The SMILES string of the molecule is CC(C)n1cc(CCC(=O)N2CC3CC(C2)c2cccc(=O)n2C3)c2ccccc21. The molecule has 0 saturated carbocycles. The standard InChI is InChI=1S/C25H29N3O2/c1-17(2)27-16-19(21-6-3-4-7-23(21)27)10-11-24(29)26-13-18-12-20(15-26)22-8-5-9-25(30)28(22)14-18/h3-9,16-18,20H,10-15H2,1-2H3. The molecule has 2 aromatic heterocycles. The Labute approximate surface area is 176 Å². The maximum Gasteiger partial charge on any atom is 0.250 e. The van der Waals surface area contributed by atoms with Gasteiger partial charge in [-0.05, 0) is 50.3 Å². The van der Waals surface area contributed by atoms with Gasteiger partial charge in [0, 0.05) is 66.9 Å². The molecule has 0 radical (unpaired) electrons. The third-order valence-corrected chi connectivity index (χ3v) is 6.82. The van der Waals surface area contributed by atoms with Gasteiger partial charge in [-0.3, -0.25) is 9.59 Å². The van der Waals surface area contributed by atoms with Crippen molar-refractivity contribution in [2.24, 2.45) is 5.92 Å². The molecule has 5 nitrogen and oxygen atoms in total. The van der Waals surface area contributed by atoms with E-state index in [1.165, 1.54) is 16.5 Å². The van der Waals surface area contributed by atoms with Gasteiger partial charge in [0.1, 0.15) is 0 Å². The molecule has 3 aromatic rings. The summed E-state index contributed by atoms with van der Waals surface area (Å²) in [5, 5.41) is 1.25. The van der Waals surface area contributed by atoms with Crippen molar-refractivity contribution < 1.29 is 4.79 Å². The Kier molecular flexibility index (Phi) is 4.76. The molecule has 5 heteroatoms. The highest BCUT2D eigenvalue weighted by Gasteiger charge is 2.36. The van der Waals surface area contributed by atoms with Crippen LogP contribution in [0.25, 0.3) is 10.9 Å². The van der Waals surface area contributed by atoms with Crippen molar-refractivity contribution >= 4 is 16.8 Å². The highest BCUT2D eigenvalue weighted by molar-refractivity contribution is 5.85. The first kappa shape index (κ1) is 19.2. The minimum absolute atomic E-state index is 0.0866. The summed E-state index contributed by atoms with van der Waals surface area (Å²) in [5.74, 6) is 0.888. The molecule has 1 aromatic carbocycles. The first-order valence-electron chi connectivity index (χ1n) is 11.1. The van der Waals surface area contributed by atoms with E-state index in [0.29, 0.717) is 18.4 Å². The van der Waals surface area contributed by atoms with E-state index in [1.807, 2.05) is 15.5 Å². The highest BCUT2D eigenvalue weighted by atomic mass is 16.2. The molecule has 2 aliphatic rings.